The third-order valence-corrected chi connectivity index (χ3v) is 3.26. The minimum atomic E-state index is -0.868. The fraction of sp³-hybridized carbons (Fsp3) is 0.550. The summed E-state index contributed by atoms with van der Waals surface area (Å²) in [6, 6.07) is 8.06. The van der Waals surface area contributed by atoms with Crippen LogP contribution in [0.25, 0.3) is 0 Å². The topological polar surface area (TPSA) is 96.5 Å². The molecule has 0 aliphatic rings. The van der Waals surface area contributed by atoms with Gasteiger partial charge in [-0.1, -0.05) is 51.1 Å². The van der Waals surface area contributed by atoms with E-state index in [0.717, 1.165) is 0 Å². The number of hydrazine groups is 1. The number of carbonyl (C=O) groups is 3. The molecule has 2 amide bonds. The highest BCUT2D eigenvalue weighted by atomic mass is 16.6. The molecule has 0 spiro atoms. The SMILES string of the molecule is CC(C)(C)CC(=O)NC(C(=O)NNCC(=O)OC(C)(C)C)c1ccccc1. The molecule has 0 bridgehead atoms. The molecule has 0 fully saturated rings. The summed E-state index contributed by atoms with van der Waals surface area (Å²) in [6.45, 7) is 11.0. The summed E-state index contributed by atoms with van der Waals surface area (Å²) < 4.78 is 5.16. The molecule has 27 heavy (non-hydrogen) atoms. The van der Waals surface area contributed by atoms with E-state index in [9.17, 15) is 14.4 Å². The van der Waals surface area contributed by atoms with Crippen LogP contribution < -0.4 is 16.2 Å². The van der Waals surface area contributed by atoms with E-state index in [0.29, 0.717) is 5.56 Å². The van der Waals surface area contributed by atoms with Gasteiger partial charge in [0.2, 0.25) is 5.91 Å². The predicted octanol–water partition coefficient (Wildman–Crippen LogP) is 2.24. The first-order valence-corrected chi connectivity index (χ1v) is 8.96. The third-order valence-electron chi connectivity index (χ3n) is 3.26. The lowest BCUT2D eigenvalue weighted by molar-refractivity contribution is -0.153. The number of ether oxygens (including phenoxy) is 1. The molecule has 1 unspecified atom stereocenters. The average molecular weight is 377 g/mol. The highest BCUT2D eigenvalue weighted by Gasteiger charge is 2.25. The zero-order valence-corrected chi connectivity index (χ0v) is 17.0. The van der Waals surface area contributed by atoms with Crippen molar-refractivity contribution >= 4 is 17.8 Å². The first-order valence-electron chi connectivity index (χ1n) is 8.96. The van der Waals surface area contributed by atoms with Crippen LogP contribution in [0.5, 0.6) is 0 Å². The van der Waals surface area contributed by atoms with Crippen molar-refractivity contribution in [1.29, 1.82) is 0 Å². The van der Waals surface area contributed by atoms with E-state index in [1.165, 1.54) is 0 Å². The van der Waals surface area contributed by atoms with Crippen molar-refractivity contribution in [2.75, 3.05) is 6.54 Å². The van der Waals surface area contributed by atoms with Crippen LogP contribution in [0.2, 0.25) is 0 Å². The van der Waals surface area contributed by atoms with Crippen LogP contribution in [0.1, 0.15) is 59.6 Å². The van der Waals surface area contributed by atoms with Gasteiger partial charge in [0.25, 0.3) is 5.91 Å². The lowest BCUT2D eigenvalue weighted by Gasteiger charge is -2.23. The fourth-order valence-electron chi connectivity index (χ4n) is 2.29. The van der Waals surface area contributed by atoms with E-state index in [-0.39, 0.29) is 24.3 Å². The first-order chi connectivity index (χ1) is 12.4. The number of benzene rings is 1. The molecular weight excluding hydrogens is 346 g/mol. The molecule has 7 nitrogen and oxygen atoms in total. The number of nitrogens with one attached hydrogen (secondary N) is 3. The van der Waals surface area contributed by atoms with Crippen LogP contribution in [-0.2, 0) is 19.1 Å². The predicted molar refractivity (Wildman–Crippen MR) is 103 cm³/mol. The molecule has 1 aromatic rings. The normalized spacial score (nSPS) is 12.8. The van der Waals surface area contributed by atoms with Gasteiger partial charge in [0.05, 0.1) is 0 Å². The molecule has 0 aliphatic carbocycles. The first kappa shape index (κ1) is 22.6. The highest BCUT2D eigenvalue weighted by Crippen LogP contribution is 2.20. The summed E-state index contributed by atoms with van der Waals surface area (Å²) in [5, 5.41) is 2.76. The Morgan fingerprint density at radius 3 is 2.11 bits per heavy atom. The molecule has 0 saturated heterocycles. The molecule has 1 atom stereocenters. The van der Waals surface area contributed by atoms with Crippen molar-refractivity contribution in [1.82, 2.24) is 16.2 Å². The Bertz CT molecular complexity index is 645. The van der Waals surface area contributed by atoms with Gasteiger partial charge in [0.15, 0.2) is 0 Å². The Kier molecular flexibility index (Phi) is 7.97. The standard InChI is InChI=1S/C20H31N3O4/c1-19(2,3)12-15(24)22-17(14-10-8-7-9-11-14)18(26)23-21-13-16(25)27-20(4,5)6/h7-11,17,21H,12-13H2,1-6H3,(H,22,24)(H,23,26). The molecule has 0 radical (unpaired) electrons. The lowest BCUT2D eigenvalue weighted by Crippen LogP contribution is -2.48. The summed E-state index contributed by atoms with van der Waals surface area (Å²) in [4.78, 5) is 36.6. The molecule has 0 saturated carbocycles. The summed E-state index contributed by atoms with van der Waals surface area (Å²) in [5.41, 5.74) is 4.87. The van der Waals surface area contributed by atoms with Crippen molar-refractivity contribution in [2.24, 2.45) is 5.41 Å². The van der Waals surface area contributed by atoms with Crippen molar-refractivity contribution in [3.8, 4) is 0 Å². The molecule has 0 heterocycles. The van der Waals surface area contributed by atoms with Gasteiger partial charge < -0.3 is 10.1 Å². The van der Waals surface area contributed by atoms with E-state index in [1.807, 2.05) is 26.8 Å². The summed E-state index contributed by atoms with van der Waals surface area (Å²) in [5.74, 6) is -1.18. The minimum absolute atomic E-state index is 0.180. The van der Waals surface area contributed by atoms with Crippen LogP contribution in [0.3, 0.4) is 0 Å². The van der Waals surface area contributed by atoms with E-state index >= 15 is 0 Å². The number of hydrogen-bond donors (Lipinski definition) is 3. The summed E-state index contributed by atoms with van der Waals surface area (Å²) >= 11 is 0. The zero-order valence-electron chi connectivity index (χ0n) is 17.0. The maximum Gasteiger partial charge on any atom is 0.322 e. The second-order valence-electron chi connectivity index (χ2n) is 8.58. The number of carbonyl (C=O) groups excluding carboxylic acids is 3. The fourth-order valence-corrected chi connectivity index (χ4v) is 2.29. The van der Waals surface area contributed by atoms with E-state index in [1.54, 1.807) is 45.0 Å². The van der Waals surface area contributed by atoms with Gasteiger partial charge in [0.1, 0.15) is 18.2 Å². The van der Waals surface area contributed by atoms with Gasteiger partial charge in [-0.05, 0) is 31.7 Å². The van der Waals surface area contributed by atoms with Crippen LogP contribution in [0.15, 0.2) is 30.3 Å². The number of rotatable bonds is 7. The number of esters is 1. The Labute approximate surface area is 161 Å². The summed E-state index contributed by atoms with van der Waals surface area (Å²) in [6.07, 6.45) is 0.287. The average Bonchev–Trinajstić information content (AvgIpc) is 2.50. The second kappa shape index (κ2) is 9.50. The van der Waals surface area contributed by atoms with Gasteiger partial charge in [-0.15, -0.1) is 0 Å². The maximum absolute atomic E-state index is 12.6. The molecule has 0 aromatic heterocycles. The van der Waals surface area contributed by atoms with Gasteiger partial charge in [-0.2, -0.15) is 0 Å². The molecule has 150 valence electrons. The number of hydrogen-bond acceptors (Lipinski definition) is 5. The largest absolute Gasteiger partial charge is 0.459 e. The van der Waals surface area contributed by atoms with Gasteiger partial charge >= 0.3 is 5.97 Å². The van der Waals surface area contributed by atoms with Crippen LogP contribution in [0, 0.1) is 5.41 Å². The lowest BCUT2D eigenvalue weighted by atomic mass is 9.91. The Morgan fingerprint density at radius 1 is 1.00 bits per heavy atom. The Morgan fingerprint density at radius 2 is 1.59 bits per heavy atom. The van der Waals surface area contributed by atoms with E-state index in [4.69, 9.17) is 4.74 Å². The third kappa shape index (κ3) is 9.75. The van der Waals surface area contributed by atoms with Crippen LogP contribution in [-0.4, -0.2) is 29.9 Å². The molecule has 1 aromatic carbocycles. The van der Waals surface area contributed by atoms with Crippen molar-refractivity contribution in [3.05, 3.63) is 35.9 Å². The summed E-state index contributed by atoms with van der Waals surface area (Å²) in [7, 11) is 0. The van der Waals surface area contributed by atoms with Crippen LogP contribution >= 0.6 is 0 Å². The Hall–Kier alpha value is -2.41. The number of amides is 2. The second-order valence-corrected chi connectivity index (χ2v) is 8.58. The molecule has 3 N–H and O–H groups in total. The zero-order chi connectivity index (χ0) is 20.7. The smallest absolute Gasteiger partial charge is 0.322 e. The van der Waals surface area contributed by atoms with Crippen molar-refractivity contribution < 1.29 is 19.1 Å². The van der Waals surface area contributed by atoms with Gasteiger partial charge in [0, 0.05) is 6.42 Å². The van der Waals surface area contributed by atoms with E-state index < -0.39 is 23.5 Å². The van der Waals surface area contributed by atoms with Gasteiger partial charge in [-0.25, -0.2) is 5.43 Å². The quantitative estimate of drug-likeness (QED) is 0.500. The van der Waals surface area contributed by atoms with Gasteiger partial charge in [-0.3, -0.25) is 19.8 Å². The molecule has 0 aliphatic heterocycles. The van der Waals surface area contributed by atoms with E-state index in [2.05, 4.69) is 16.2 Å². The minimum Gasteiger partial charge on any atom is -0.459 e. The molecule has 1 rings (SSSR count). The van der Waals surface area contributed by atoms with Crippen molar-refractivity contribution in [2.45, 2.75) is 59.6 Å². The molecular formula is C20H31N3O4. The maximum atomic E-state index is 12.6. The molecule has 7 heteroatoms. The highest BCUT2D eigenvalue weighted by molar-refractivity contribution is 5.88. The van der Waals surface area contributed by atoms with Crippen molar-refractivity contribution in [3.63, 3.8) is 0 Å². The Balaban J connectivity index is 2.71. The monoisotopic (exact) mass is 377 g/mol. The van der Waals surface area contributed by atoms with Crippen LogP contribution in [0.4, 0.5) is 0 Å².